The van der Waals surface area contributed by atoms with Crippen molar-refractivity contribution in [2.45, 2.75) is 46.1 Å². The number of nitrogens with zero attached hydrogens (tertiary/aromatic N) is 4. The highest BCUT2D eigenvalue weighted by Gasteiger charge is 2.29. The number of halogens is 1. The lowest BCUT2D eigenvalue weighted by Crippen LogP contribution is -2.43. The topological polar surface area (TPSA) is 82.9 Å². The van der Waals surface area contributed by atoms with Crippen LogP contribution in [0.2, 0.25) is 5.02 Å². The summed E-state index contributed by atoms with van der Waals surface area (Å²) in [5.41, 5.74) is 4.08. The van der Waals surface area contributed by atoms with Crippen molar-refractivity contribution in [1.82, 2.24) is 14.8 Å². The SMILES string of the molecule is CCN(C(=O)c1csc(C(C)CCN(C)C(=O)C2=C(C)CN=C2c2ccc(Cl)cc2)n1)C(C)C(=O)c1ccccc1. The molecule has 0 saturated heterocycles. The third-order valence-corrected chi connectivity index (χ3v) is 8.71. The Balaban J connectivity index is 1.38. The molecule has 0 saturated carbocycles. The molecule has 3 aromatic rings. The predicted octanol–water partition coefficient (Wildman–Crippen LogP) is 6.30. The van der Waals surface area contributed by atoms with Gasteiger partial charge in [-0.25, -0.2) is 4.98 Å². The number of thiazole rings is 1. The fourth-order valence-corrected chi connectivity index (χ4v) is 5.84. The van der Waals surface area contributed by atoms with Crippen molar-refractivity contribution in [3.63, 3.8) is 0 Å². The van der Waals surface area contributed by atoms with Gasteiger partial charge in [0.25, 0.3) is 11.8 Å². The maximum atomic E-state index is 13.4. The fraction of sp³-hybridized carbons (Fsp3) is 0.344. The predicted molar refractivity (Wildman–Crippen MR) is 165 cm³/mol. The Labute approximate surface area is 250 Å². The Kier molecular flexibility index (Phi) is 9.89. The molecule has 4 rings (SSSR count). The van der Waals surface area contributed by atoms with Crippen LogP contribution in [-0.4, -0.2) is 70.8 Å². The van der Waals surface area contributed by atoms with Gasteiger partial charge in [-0.05, 0) is 44.9 Å². The summed E-state index contributed by atoms with van der Waals surface area (Å²) in [6, 6.07) is 15.8. The molecule has 2 unspecified atom stereocenters. The Hall–Kier alpha value is -3.62. The number of aromatic nitrogens is 1. The number of likely N-dealkylation sites (N-methyl/N-ethyl adjacent to an activating group) is 2. The molecule has 2 atom stereocenters. The van der Waals surface area contributed by atoms with Gasteiger partial charge in [0, 0.05) is 47.6 Å². The molecule has 0 fully saturated rings. The number of ketones is 1. The molecule has 2 heterocycles. The minimum Gasteiger partial charge on any atom is -0.342 e. The van der Waals surface area contributed by atoms with E-state index in [0.29, 0.717) is 53.6 Å². The highest BCUT2D eigenvalue weighted by molar-refractivity contribution is 7.09. The first kappa shape index (κ1) is 30.3. The van der Waals surface area contributed by atoms with Crippen molar-refractivity contribution in [1.29, 1.82) is 0 Å². The van der Waals surface area contributed by atoms with Gasteiger partial charge in [-0.3, -0.25) is 19.4 Å². The Morgan fingerprint density at radius 1 is 1.02 bits per heavy atom. The number of Topliss-reactive ketones (excluding diaryl/α,β-unsaturated/α-hetero) is 1. The molecule has 0 aliphatic carbocycles. The summed E-state index contributed by atoms with van der Waals surface area (Å²) >= 11 is 7.47. The molecule has 0 bridgehead atoms. The molecule has 1 aliphatic rings. The van der Waals surface area contributed by atoms with E-state index in [9.17, 15) is 14.4 Å². The Bertz CT molecular complexity index is 1480. The van der Waals surface area contributed by atoms with Crippen molar-refractivity contribution in [2.24, 2.45) is 4.99 Å². The minimum atomic E-state index is -0.605. The van der Waals surface area contributed by atoms with Crippen molar-refractivity contribution >= 4 is 46.2 Å². The van der Waals surface area contributed by atoms with E-state index in [1.54, 1.807) is 53.4 Å². The number of rotatable bonds is 11. The highest BCUT2D eigenvalue weighted by atomic mass is 35.5. The summed E-state index contributed by atoms with van der Waals surface area (Å²) in [5, 5.41) is 3.22. The smallest absolute Gasteiger partial charge is 0.273 e. The van der Waals surface area contributed by atoms with Crippen LogP contribution in [0.15, 0.2) is 76.1 Å². The van der Waals surface area contributed by atoms with E-state index in [2.05, 4.69) is 9.98 Å². The van der Waals surface area contributed by atoms with Crippen LogP contribution < -0.4 is 0 Å². The lowest BCUT2D eigenvalue weighted by atomic mass is 9.99. The highest BCUT2D eigenvalue weighted by Crippen LogP contribution is 2.27. The average Bonchev–Trinajstić information content (AvgIpc) is 3.63. The van der Waals surface area contributed by atoms with E-state index < -0.39 is 6.04 Å². The molecule has 214 valence electrons. The molecule has 41 heavy (non-hydrogen) atoms. The zero-order valence-corrected chi connectivity index (χ0v) is 25.6. The van der Waals surface area contributed by atoms with Crippen LogP contribution in [0, 0.1) is 0 Å². The normalized spacial score (nSPS) is 14.4. The summed E-state index contributed by atoms with van der Waals surface area (Å²) in [6.07, 6.45) is 0.684. The van der Waals surface area contributed by atoms with E-state index >= 15 is 0 Å². The number of benzene rings is 2. The molecule has 2 aromatic carbocycles. The molecule has 0 N–H and O–H groups in total. The summed E-state index contributed by atoms with van der Waals surface area (Å²) < 4.78 is 0. The average molecular weight is 591 g/mol. The van der Waals surface area contributed by atoms with Crippen LogP contribution in [0.3, 0.4) is 0 Å². The van der Waals surface area contributed by atoms with Gasteiger partial charge in [0.05, 0.1) is 28.9 Å². The van der Waals surface area contributed by atoms with E-state index in [1.165, 1.54) is 11.3 Å². The summed E-state index contributed by atoms with van der Waals surface area (Å²) in [5.74, 6) is -0.386. The lowest BCUT2D eigenvalue weighted by molar-refractivity contribution is -0.125. The molecule has 2 amide bonds. The van der Waals surface area contributed by atoms with Gasteiger partial charge >= 0.3 is 0 Å². The molecule has 0 radical (unpaired) electrons. The zero-order chi connectivity index (χ0) is 29.7. The van der Waals surface area contributed by atoms with Gasteiger partial charge in [0.15, 0.2) is 5.78 Å². The lowest BCUT2D eigenvalue weighted by Gasteiger charge is -2.26. The third-order valence-electron chi connectivity index (χ3n) is 7.38. The quantitative estimate of drug-likeness (QED) is 0.245. The van der Waals surface area contributed by atoms with Crippen molar-refractivity contribution in [3.05, 3.63) is 98.0 Å². The van der Waals surface area contributed by atoms with Gasteiger partial charge in [-0.1, -0.05) is 61.0 Å². The van der Waals surface area contributed by atoms with Crippen molar-refractivity contribution in [3.8, 4) is 0 Å². The first-order valence-corrected chi connectivity index (χ1v) is 15.0. The summed E-state index contributed by atoms with van der Waals surface area (Å²) in [4.78, 5) is 52.3. The van der Waals surface area contributed by atoms with Crippen LogP contribution in [0.1, 0.15) is 71.5 Å². The van der Waals surface area contributed by atoms with Gasteiger partial charge in [-0.2, -0.15) is 0 Å². The van der Waals surface area contributed by atoms with Gasteiger partial charge in [-0.15, -0.1) is 11.3 Å². The Morgan fingerprint density at radius 2 is 1.71 bits per heavy atom. The molecule has 1 aromatic heterocycles. The van der Waals surface area contributed by atoms with E-state index in [-0.39, 0.29) is 23.5 Å². The van der Waals surface area contributed by atoms with E-state index in [1.807, 2.05) is 51.1 Å². The molecular formula is C32H35ClN4O3S. The number of aliphatic imine (C=N–C) groups is 1. The van der Waals surface area contributed by atoms with Crippen LogP contribution in [0.4, 0.5) is 0 Å². The van der Waals surface area contributed by atoms with E-state index in [0.717, 1.165) is 16.1 Å². The van der Waals surface area contributed by atoms with Crippen LogP contribution >= 0.6 is 22.9 Å². The van der Waals surface area contributed by atoms with E-state index in [4.69, 9.17) is 11.6 Å². The van der Waals surface area contributed by atoms with Crippen LogP contribution in [0.5, 0.6) is 0 Å². The Morgan fingerprint density at radius 3 is 2.37 bits per heavy atom. The second-order valence-corrected chi connectivity index (χ2v) is 11.6. The van der Waals surface area contributed by atoms with Gasteiger partial charge in [0.2, 0.25) is 0 Å². The molecule has 9 heteroatoms. The van der Waals surface area contributed by atoms with Crippen molar-refractivity contribution < 1.29 is 14.4 Å². The molecule has 1 aliphatic heterocycles. The maximum Gasteiger partial charge on any atom is 0.273 e. The summed E-state index contributed by atoms with van der Waals surface area (Å²) in [7, 11) is 1.80. The van der Waals surface area contributed by atoms with Crippen LogP contribution in [0.25, 0.3) is 0 Å². The molecular weight excluding hydrogens is 556 g/mol. The number of amides is 2. The van der Waals surface area contributed by atoms with Gasteiger partial charge < -0.3 is 9.80 Å². The number of hydrogen-bond acceptors (Lipinski definition) is 6. The zero-order valence-electron chi connectivity index (χ0n) is 24.1. The second-order valence-electron chi connectivity index (χ2n) is 10.3. The summed E-state index contributed by atoms with van der Waals surface area (Å²) in [6.45, 7) is 9.03. The molecule has 0 spiro atoms. The number of carbonyl (C=O) groups excluding carboxylic acids is 3. The maximum absolute atomic E-state index is 13.4. The van der Waals surface area contributed by atoms with Crippen LogP contribution in [-0.2, 0) is 4.79 Å². The molecule has 7 nitrogen and oxygen atoms in total. The monoisotopic (exact) mass is 590 g/mol. The first-order chi connectivity index (χ1) is 19.6. The minimum absolute atomic E-state index is 0.0401. The largest absolute Gasteiger partial charge is 0.342 e. The standard InChI is InChI=1S/C32H35ClN4O3S/c1-6-37(22(4)29(38)24-10-8-7-9-11-24)31(39)26-19-41-30(35-26)20(2)16-17-36(5)32(40)27-21(3)18-34-28(27)23-12-14-25(33)15-13-23/h7-15,19-20,22H,6,16-18H2,1-5H3. The second kappa shape index (κ2) is 13.4. The van der Waals surface area contributed by atoms with Gasteiger partial charge in [0.1, 0.15) is 5.69 Å². The fourth-order valence-electron chi connectivity index (χ4n) is 4.83. The van der Waals surface area contributed by atoms with Crippen molar-refractivity contribution in [2.75, 3.05) is 26.7 Å². The first-order valence-electron chi connectivity index (χ1n) is 13.7. The number of carbonyl (C=O) groups is 3. The number of hydrogen-bond donors (Lipinski definition) is 0. The third kappa shape index (κ3) is 6.82.